The highest BCUT2D eigenvalue weighted by molar-refractivity contribution is 6.30. The van der Waals surface area contributed by atoms with E-state index in [0.717, 1.165) is 16.6 Å². The molecular weight excluding hydrogens is 263 g/mol. The molecule has 0 aliphatic heterocycles. The summed E-state index contributed by atoms with van der Waals surface area (Å²) in [5.41, 5.74) is 8.11. The Morgan fingerprint density at radius 3 is 2.74 bits per heavy atom. The molecule has 2 N–H and O–H groups in total. The molecule has 2 aromatic carbocycles. The van der Waals surface area contributed by atoms with Gasteiger partial charge >= 0.3 is 0 Å². The van der Waals surface area contributed by atoms with Gasteiger partial charge in [-0.05, 0) is 36.4 Å². The molecule has 0 saturated heterocycles. The predicted octanol–water partition coefficient (Wildman–Crippen LogP) is 4.06. The second-order valence-electron chi connectivity index (χ2n) is 4.50. The van der Waals surface area contributed by atoms with E-state index in [-0.39, 0.29) is 5.82 Å². The highest BCUT2D eigenvalue weighted by atomic mass is 35.5. The maximum Gasteiger partial charge on any atom is 0.129 e. The topological polar surface area (TPSA) is 30.9 Å². The highest BCUT2D eigenvalue weighted by Gasteiger charge is 2.06. The van der Waals surface area contributed by atoms with Crippen molar-refractivity contribution >= 4 is 28.2 Å². The third kappa shape index (κ3) is 2.29. The van der Waals surface area contributed by atoms with E-state index >= 15 is 0 Å². The molecule has 4 heteroatoms. The van der Waals surface area contributed by atoms with Crippen molar-refractivity contribution in [3.63, 3.8) is 0 Å². The summed E-state index contributed by atoms with van der Waals surface area (Å²) in [6.45, 7) is 0.469. The highest BCUT2D eigenvalue weighted by Crippen LogP contribution is 2.21. The van der Waals surface area contributed by atoms with E-state index in [2.05, 4.69) is 0 Å². The molecule has 0 amide bonds. The van der Waals surface area contributed by atoms with Crippen molar-refractivity contribution in [3.8, 4) is 0 Å². The molecular formula is C15H12ClFN2. The first-order valence-electron chi connectivity index (χ1n) is 5.92. The van der Waals surface area contributed by atoms with Crippen LogP contribution in [0.3, 0.4) is 0 Å². The Kier molecular flexibility index (Phi) is 2.91. The first-order valence-corrected chi connectivity index (χ1v) is 6.29. The van der Waals surface area contributed by atoms with Crippen LogP contribution in [-0.2, 0) is 6.54 Å². The molecule has 0 aliphatic carbocycles. The number of aromatic nitrogens is 1. The van der Waals surface area contributed by atoms with Crippen LogP contribution in [-0.4, -0.2) is 4.57 Å². The third-order valence-electron chi connectivity index (χ3n) is 3.15. The van der Waals surface area contributed by atoms with Gasteiger partial charge in [-0.1, -0.05) is 17.7 Å². The molecule has 0 saturated carbocycles. The van der Waals surface area contributed by atoms with Gasteiger partial charge in [-0.15, -0.1) is 0 Å². The Morgan fingerprint density at radius 1 is 1.11 bits per heavy atom. The summed E-state index contributed by atoms with van der Waals surface area (Å²) in [5, 5.41) is 1.46. The van der Waals surface area contributed by atoms with Gasteiger partial charge < -0.3 is 10.3 Å². The molecule has 3 aromatic rings. The molecule has 1 heterocycles. The smallest absolute Gasteiger partial charge is 0.129 e. The lowest BCUT2D eigenvalue weighted by molar-refractivity contribution is 0.602. The number of nitrogen functional groups attached to an aromatic ring is 1. The molecule has 0 bridgehead atoms. The van der Waals surface area contributed by atoms with Crippen LogP contribution in [0.2, 0.25) is 5.02 Å². The lowest BCUT2D eigenvalue weighted by atomic mass is 10.2. The Bertz CT molecular complexity index is 749. The van der Waals surface area contributed by atoms with E-state index in [1.54, 1.807) is 12.1 Å². The van der Waals surface area contributed by atoms with Crippen molar-refractivity contribution in [1.29, 1.82) is 0 Å². The number of nitrogens with two attached hydrogens (primary N) is 1. The van der Waals surface area contributed by atoms with Gasteiger partial charge in [0.2, 0.25) is 0 Å². The lowest BCUT2D eigenvalue weighted by Crippen LogP contribution is -2.00. The van der Waals surface area contributed by atoms with Crippen LogP contribution in [0.25, 0.3) is 10.9 Å². The Balaban J connectivity index is 2.01. The van der Waals surface area contributed by atoms with E-state index in [4.69, 9.17) is 17.3 Å². The van der Waals surface area contributed by atoms with Crippen LogP contribution < -0.4 is 5.73 Å². The number of fused-ring (bicyclic) bond motifs is 1. The minimum Gasteiger partial charge on any atom is -0.399 e. The molecule has 0 radical (unpaired) electrons. The Hall–Kier alpha value is -2.00. The number of nitrogens with zero attached hydrogens (tertiary/aromatic N) is 1. The fourth-order valence-electron chi connectivity index (χ4n) is 2.19. The quantitative estimate of drug-likeness (QED) is 0.702. The van der Waals surface area contributed by atoms with Crippen LogP contribution in [0.1, 0.15) is 5.56 Å². The second kappa shape index (κ2) is 4.59. The van der Waals surface area contributed by atoms with Gasteiger partial charge in [0.05, 0.1) is 6.54 Å². The van der Waals surface area contributed by atoms with Crippen molar-refractivity contribution in [2.24, 2.45) is 0 Å². The maximum absolute atomic E-state index is 13.8. The maximum atomic E-state index is 13.8. The van der Waals surface area contributed by atoms with E-state index < -0.39 is 0 Å². The zero-order valence-corrected chi connectivity index (χ0v) is 10.9. The zero-order valence-electron chi connectivity index (χ0n) is 10.1. The van der Waals surface area contributed by atoms with Crippen LogP contribution in [0, 0.1) is 5.82 Å². The molecule has 3 rings (SSSR count). The van der Waals surface area contributed by atoms with Crippen LogP contribution in [0.15, 0.2) is 48.7 Å². The van der Waals surface area contributed by atoms with E-state index in [9.17, 15) is 4.39 Å². The SMILES string of the molecule is Nc1ccc2c(ccn2Cc2ccc(Cl)cc2F)c1. The van der Waals surface area contributed by atoms with Gasteiger partial charge in [0, 0.05) is 33.4 Å². The van der Waals surface area contributed by atoms with E-state index in [0.29, 0.717) is 17.1 Å². The molecule has 2 nitrogen and oxygen atoms in total. The molecule has 19 heavy (non-hydrogen) atoms. The number of halogens is 2. The van der Waals surface area contributed by atoms with Crippen molar-refractivity contribution < 1.29 is 4.39 Å². The number of hydrogen-bond donors (Lipinski definition) is 1. The molecule has 1 aromatic heterocycles. The minimum absolute atomic E-state index is 0.287. The van der Waals surface area contributed by atoms with Gasteiger partial charge in [-0.25, -0.2) is 4.39 Å². The van der Waals surface area contributed by atoms with E-state index in [1.807, 2.05) is 35.0 Å². The predicted molar refractivity (Wildman–Crippen MR) is 76.9 cm³/mol. The van der Waals surface area contributed by atoms with Crippen molar-refractivity contribution in [2.75, 3.05) is 5.73 Å². The van der Waals surface area contributed by atoms with Crippen molar-refractivity contribution in [2.45, 2.75) is 6.54 Å². The van der Waals surface area contributed by atoms with Crippen LogP contribution >= 0.6 is 11.6 Å². The molecule has 0 spiro atoms. The summed E-state index contributed by atoms with van der Waals surface area (Å²) >= 11 is 5.75. The van der Waals surface area contributed by atoms with Gasteiger partial charge in [0.25, 0.3) is 0 Å². The molecule has 0 atom stereocenters. The van der Waals surface area contributed by atoms with Gasteiger partial charge in [-0.2, -0.15) is 0 Å². The monoisotopic (exact) mass is 274 g/mol. The van der Waals surface area contributed by atoms with Gasteiger partial charge in [0.15, 0.2) is 0 Å². The van der Waals surface area contributed by atoms with Crippen molar-refractivity contribution in [1.82, 2.24) is 4.57 Å². The number of rotatable bonds is 2. The van der Waals surface area contributed by atoms with Crippen LogP contribution in [0.4, 0.5) is 10.1 Å². The summed E-state index contributed by atoms with van der Waals surface area (Å²) in [4.78, 5) is 0. The van der Waals surface area contributed by atoms with Crippen molar-refractivity contribution in [3.05, 3.63) is 65.1 Å². The fourth-order valence-corrected chi connectivity index (χ4v) is 2.35. The summed E-state index contributed by atoms with van der Waals surface area (Å²) in [6, 6.07) is 12.4. The van der Waals surface area contributed by atoms with Crippen LogP contribution in [0.5, 0.6) is 0 Å². The van der Waals surface area contributed by atoms with E-state index in [1.165, 1.54) is 6.07 Å². The molecule has 0 aliphatic rings. The second-order valence-corrected chi connectivity index (χ2v) is 4.93. The van der Waals surface area contributed by atoms with Gasteiger partial charge in [-0.3, -0.25) is 0 Å². The number of anilines is 1. The van der Waals surface area contributed by atoms with Gasteiger partial charge in [0.1, 0.15) is 5.82 Å². The average molecular weight is 275 g/mol. The minimum atomic E-state index is -0.287. The largest absolute Gasteiger partial charge is 0.399 e. The zero-order chi connectivity index (χ0) is 13.4. The summed E-state index contributed by atoms with van der Waals surface area (Å²) < 4.78 is 15.8. The molecule has 96 valence electrons. The Morgan fingerprint density at radius 2 is 1.95 bits per heavy atom. The number of benzene rings is 2. The fraction of sp³-hybridized carbons (Fsp3) is 0.0667. The third-order valence-corrected chi connectivity index (χ3v) is 3.39. The normalized spacial score (nSPS) is 11.1. The average Bonchev–Trinajstić information content (AvgIpc) is 2.75. The summed E-state index contributed by atoms with van der Waals surface area (Å²) in [5.74, 6) is -0.287. The first kappa shape index (κ1) is 12.1. The first-order chi connectivity index (χ1) is 9.13. The lowest BCUT2D eigenvalue weighted by Gasteiger charge is -2.07. The molecule has 0 unspecified atom stereocenters. The Labute approximate surface area is 115 Å². The summed E-state index contributed by atoms with van der Waals surface area (Å²) in [7, 11) is 0. The standard InChI is InChI=1S/C15H12ClFN2/c16-12-2-1-11(14(17)8-12)9-19-6-5-10-7-13(18)3-4-15(10)19/h1-8H,9,18H2. The summed E-state index contributed by atoms with van der Waals surface area (Å²) in [6.07, 6.45) is 1.93. The number of hydrogen-bond acceptors (Lipinski definition) is 1. The molecule has 0 fully saturated rings.